The van der Waals surface area contributed by atoms with E-state index in [-0.39, 0.29) is 22.3 Å². The highest BCUT2D eigenvalue weighted by atomic mass is 35.5. The number of fused-ring (bicyclic) bond motifs is 1. The standard InChI is InChI=1S/C18H16Cl2N2O3/c1-2-25-17(24)18(8-11-5-3-4-6-12(11)9-18)22-16(23)14-7-13(19)10-21-15(14)20/h3-7,10H,2,8-9H2,1H3,(H,22,23). The molecular formula is C18H16Cl2N2O3. The van der Waals surface area contributed by atoms with Gasteiger partial charge in [0.1, 0.15) is 10.7 Å². The molecule has 0 atom stereocenters. The number of carbonyl (C=O) groups is 2. The number of carbonyl (C=O) groups excluding carboxylic acids is 2. The summed E-state index contributed by atoms with van der Waals surface area (Å²) in [5.41, 5.74) is 0.966. The summed E-state index contributed by atoms with van der Waals surface area (Å²) in [6.45, 7) is 1.96. The Morgan fingerprint density at radius 2 is 1.88 bits per heavy atom. The molecule has 25 heavy (non-hydrogen) atoms. The lowest BCUT2D eigenvalue weighted by atomic mass is 9.95. The Labute approximate surface area is 155 Å². The van der Waals surface area contributed by atoms with Gasteiger partial charge in [0.15, 0.2) is 0 Å². The number of esters is 1. The van der Waals surface area contributed by atoms with Crippen LogP contribution in [0.5, 0.6) is 0 Å². The molecule has 0 bridgehead atoms. The Kier molecular flexibility index (Phi) is 4.97. The Bertz CT molecular complexity index is 814. The monoisotopic (exact) mass is 378 g/mol. The van der Waals surface area contributed by atoms with Gasteiger partial charge in [-0.05, 0) is 24.1 Å². The van der Waals surface area contributed by atoms with Gasteiger partial charge in [-0.1, -0.05) is 47.5 Å². The van der Waals surface area contributed by atoms with Gasteiger partial charge in [0.25, 0.3) is 5.91 Å². The number of amides is 1. The van der Waals surface area contributed by atoms with Crippen molar-refractivity contribution in [2.24, 2.45) is 0 Å². The molecule has 0 spiro atoms. The molecule has 1 heterocycles. The molecule has 5 nitrogen and oxygen atoms in total. The third kappa shape index (κ3) is 3.48. The number of rotatable bonds is 4. The summed E-state index contributed by atoms with van der Waals surface area (Å²) in [5.74, 6) is -0.980. The van der Waals surface area contributed by atoms with Crippen molar-refractivity contribution in [3.05, 3.63) is 63.4 Å². The fourth-order valence-electron chi connectivity index (χ4n) is 3.03. The van der Waals surface area contributed by atoms with E-state index in [1.165, 1.54) is 12.3 Å². The molecule has 3 rings (SSSR count). The second kappa shape index (κ2) is 7.02. The second-order valence-corrected chi connectivity index (χ2v) is 6.67. The fourth-order valence-corrected chi connectivity index (χ4v) is 3.38. The van der Waals surface area contributed by atoms with Crippen LogP contribution in [-0.2, 0) is 22.4 Å². The van der Waals surface area contributed by atoms with Crippen LogP contribution in [0.15, 0.2) is 36.5 Å². The van der Waals surface area contributed by atoms with Crippen molar-refractivity contribution in [3.8, 4) is 0 Å². The van der Waals surface area contributed by atoms with E-state index in [0.717, 1.165) is 11.1 Å². The maximum atomic E-state index is 12.7. The molecule has 2 aromatic rings. The van der Waals surface area contributed by atoms with E-state index < -0.39 is 17.4 Å². The van der Waals surface area contributed by atoms with Gasteiger partial charge < -0.3 is 10.1 Å². The number of nitrogens with zero attached hydrogens (tertiary/aromatic N) is 1. The molecule has 1 aliphatic carbocycles. The first-order valence-corrected chi connectivity index (χ1v) is 8.58. The highest BCUT2D eigenvalue weighted by Gasteiger charge is 2.46. The fraction of sp³-hybridized carbons (Fsp3) is 0.278. The van der Waals surface area contributed by atoms with Gasteiger partial charge in [0.2, 0.25) is 0 Å². The molecule has 1 aromatic heterocycles. The average Bonchev–Trinajstić information content (AvgIpc) is 2.96. The van der Waals surface area contributed by atoms with Gasteiger partial charge in [-0.2, -0.15) is 0 Å². The average molecular weight is 379 g/mol. The van der Waals surface area contributed by atoms with Crippen LogP contribution in [-0.4, -0.2) is 29.0 Å². The van der Waals surface area contributed by atoms with E-state index in [4.69, 9.17) is 27.9 Å². The van der Waals surface area contributed by atoms with Crippen LogP contribution in [0.4, 0.5) is 0 Å². The minimum absolute atomic E-state index is 0.0245. The summed E-state index contributed by atoms with van der Waals surface area (Å²) >= 11 is 11.9. The molecule has 0 saturated carbocycles. The predicted molar refractivity (Wildman–Crippen MR) is 94.9 cm³/mol. The van der Waals surface area contributed by atoms with E-state index in [2.05, 4.69) is 10.3 Å². The van der Waals surface area contributed by atoms with Crippen molar-refractivity contribution in [1.82, 2.24) is 10.3 Å². The van der Waals surface area contributed by atoms with E-state index in [9.17, 15) is 9.59 Å². The lowest BCUT2D eigenvalue weighted by Crippen LogP contribution is -2.56. The zero-order chi connectivity index (χ0) is 18.0. The number of hydrogen-bond acceptors (Lipinski definition) is 4. The number of hydrogen-bond donors (Lipinski definition) is 1. The molecule has 0 saturated heterocycles. The van der Waals surface area contributed by atoms with Crippen molar-refractivity contribution in [3.63, 3.8) is 0 Å². The smallest absolute Gasteiger partial charge is 0.332 e. The molecule has 0 radical (unpaired) electrons. The summed E-state index contributed by atoms with van der Waals surface area (Å²) in [6.07, 6.45) is 2.08. The van der Waals surface area contributed by atoms with Gasteiger partial charge in [-0.25, -0.2) is 9.78 Å². The first-order valence-electron chi connectivity index (χ1n) is 7.83. The van der Waals surface area contributed by atoms with Gasteiger partial charge in [0, 0.05) is 19.0 Å². The largest absolute Gasteiger partial charge is 0.464 e. The maximum Gasteiger partial charge on any atom is 0.332 e. The number of nitrogens with one attached hydrogen (secondary N) is 1. The highest BCUT2D eigenvalue weighted by Crippen LogP contribution is 2.32. The predicted octanol–water partition coefficient (Wildman–Crippen LogP) is 3.22. The van der Waals surface area contributed by atoms with Crippen molar-refractivity contribution in [1.29, 1.82) is 0 Å². The topological polar surface area (TPSA) is 68.3 Å². The molecule has 0 unspecified atom stereocenters. The normalized spacial score (nSPS) is 14.7. The first-order chi connectivity index (χ1) is 11.9. The SMILES string of the molecule is CCOC(=O)C1(NC(=O)c2cc(Cl)cnc2Cl)Cc2ccccc2C1. The molecule has 7 heteroatoms. The van der Waals surface area contributed by atoms with Crippen molar-refractivity contribution in [2.45, 2.75) is 25.3 Å². The summed E-state index contributed by atoms with van der Waals surface area (Å²) in [5, 5.41) is 3.12. The zero-order valence-electron chi connectivity index (χ0n) is 13.5. The molecule has 1 aliphatic rings. The third-order valence-corrected chi connectivity index (χ3v) is 4.68. The summed E-state index contributed by atoms with van der Waals surface area (Å²) in [4.78, 5) is 29.3. The van der Waals surface area contributed by atoms with Crippen LogP contribution in [0.2, 0.25) is 10.2 Å². The number of benzene rings is 1. The summed E-state index contributed by atoms with van der Waals surface area (Å²) in [7, 11) is 0. The van der Waals surface area contributed by atoms with E-state index in [1.54, 1.807) is 6.92 Å². The van der Waals surface area contributed by atoms with Gasteiger partial charge in [0.05, 0.1) is 17.2 Å². The van der Waals surface area contributed by atoms with Crippen molar-refractivity contribution in [2.75, 3.05) is 6.61 Å². The number of ether oxygens (including phenoxy) is 1. The zero-order valence-corrected chi connectivity index (χ0v) is 15.0. The lowest BCUT2D eigenvalue weighted by Gasteiger charge is -2.28. The Morgan fingerprint density at radius 3 is 2.48 bits per heavy atom. The molecular weight excluding hydrogens is 363 g/mol. The Morgan fingerprint density at radius 1 is 1.24 bits per heavy atom. The first kappa shape index (κ1) is 17.7. The van der Waals surface area contributed by atoms with Crippen molar-refractivity contribution < 1.29 is 14.3 Å². The molecule has 1 amide bonds. The summed E-state index contributed by atoms with van der Waals surface area (Å²) in [6, 6.07) is 9.11. The van der Waals surface area contributed by atoms with Crippen LogP contribution in [0, 0.1) is 0 Å². The van der Waals surface area contributed by atoms with Crippen LogP contribution >= 0.6 is 23.2 Å². The molecule has 0 aliphatic heterocycles. The number of pyridine rings is 1. The van der Waals surface area contributed by atoms with Crippen LogP contribution < -0.4 is 5.32 Å². The Balaban J connectivity index is 1.93. The van der Waals surface area contributed by atoms with Gasteiger partial charge >= 0.3 is 5.97 Å². The van der Waals surface area contributed by atoms with Gasteiger partial charge in [-0.3, -0.25) is 4.79 Å². The van der Waals surface area contributed by atoms with Crippen molar-refractivity contribution >= 4 is 35.1 Å². The van der Waals surface area contributed by atoms with Crippen LogP contribution in [0.1, 0.15) is 28.4 Å². The Hall–Kier alpha value is -2.11. The minimum atomic E-state index is -1.16. The lowest BCUT2D eigenvalue weighted by molar-refractivity contribution is -0.150. The minimum Gasteiger partial charge on any atom is -0.464 e. The quantitative estimate of drug-likeness (QED) is 0.654. The summed E-state index contributed by atoms with van der Waals surface area (Å²) < 4.78 is 5.22. The molecule has 1 aromatic carbocycles. The molecule has 0 fully saturated rings. The maximum absolute atomic E-state index is 12.7. The second-order valence-electron chi connectivity index (χ2n) is 5.87. The number of halogens is 2. The van der Waals surface area contributed by atoms with E-state index >= 15 is 0 Å². The van der Waals surface area contributed by atoms with Crippen LogP contribution in [0.25, 0.3) is 0 Å². The highest BCUT2D eigenvalue weighted by molar-refractivity contribution is 6.34. The third-order valence-electron chi connectivity index (χ3n) is 4.17. The van der Waals surface area contributed by atoms with Gasteiger partial charge in [-0.15, -0.1) is 0 Å². The molecule has 1 N–H and O–H groups in total. The molecule has 130 valence electrons. The van der Waals surface area contributed by atoms with E-state index in [0.29, 0.717) is 12.8 Å². The van der Waals surface area contributed by atoms with Crippen LogP contribution in [0.3, 0.4) is 0 Å². The number of aromatic nitrogens is 1. The van der Waals surface area contributed by atoms with E-state index in [1.807, 2.05) is 24.3 Å².